The van der Waals surface area contributed by atoms with Crippen LogP contribution in [0.25, 0.3) is 10.9 Å². The van der Waals surface area contributed by atoms with Crippen LogP contribution in [0.3, 0.4) is 0 Å². The van der Waals surface area contributed by atoms with Crippen molar-refractivity contribution in [3.05, 3.63) is 30.0 Å². The van der Waals surface area contributed by atoms with Crippen molar-refractivity contribution < 1.29 is 14.3 Å². The topological polar surface area (TPSA) is 53.3 Å². The highest BCUT2D eigenvalue weighted by atomic mass is 16.5. The van der Waals surface area contributed by atoms with Crippen LogP contribution >= 0.6 is 0 Å². The molecule has 1 aromatic carbocycles. The molecule has 0 bridgehead atoms. The van der Waals surface area contributed by atoms with Gasteiger partial charge in [0.15, 0.2) is 5.69 Å². The highest BCUT2D eigenvalue weighted by molar-refractivity contribution is 6.02. The van der Waals surface area contributed by atoms with Crippen LogP contribution in [0, 0.1) is 0 Å². The van der Waals surface area contributed by atoms with Crippen LogP contribution in [0.4, 0.5) is 0 Å². The van der Waals surface area contributed by atoms with Crippen LogP contribution in [0.15, 0.2) is 24.3 Å². The summed E-state index contributed by atoms with van der Waals surface area (Å²) < 4.78 is 12.3. The SMILES string of the molecule is COC(=O)c1nn(CC2CCCO2)c2ccccc12. The van der Waals surface area contributed by atoms with E-state index >= 15 is 0 Å². The molecule has 100 valence electrons. The van der Waals surface area contributed by atoms with Gasteiger partial charge in [0.1, 0.15) is 0 Å². The largest absolute Gasteiger partial charge is 0.464 e. The van der Waals surface area contributed by atoms with E-state index in [1.54, 1.807) is 0 Å². The molecule has 0 amide bonds. The highest BCUT2D eigenvalue weighted by Gasteiger charge is 2.21. The molecule has 5 nitrogen and oxygen atoms in total. The van der Waals surface area contributed by atoms with Crippen LogP contribution in [-0.2, 0) is 16.0 Å². The number of rotatable bonds is 3. The van der Waals surface area contributed by atoms with Crippen molar-refractivity contribution in [2.24, 2.45) is 0 Å². The van der Waals surface area contributed by atoms with Gasteiger partial charge in [0.25, 0.3) is 0 Å². The minimum Gasteiger partial charge on any atom is -0.464 e. The van der Waals surface area contributed by atoms with Gasteiger partial charge >= 0.3 is 5.97 Å². The van der Waals surface area contributed by atoms with Gasteiger partial charge in [-0.3, -0.25) is 4.68 Å². The van der Waals surface area contributed by atoms with E-state index in [0.717, 1.165) is 30.4 Å². The number of carbonyl (C=O) groups excluding carboxylic acids is 1. The molecular formula is C14H16N2O3. The number of benzene rings is 1. The zero-order valence-corrected chi connectivity index (χ0v) is 10.8. The summed E-state index contributed by atoms with van der Waals surface area (Å²) in [5, 5.41) is 5.21. The maximum atomic E-state index is 11.7. The first-order valence-electron chi connectivity index (χ1n) is 6.45. The van der Waals surface area contributed by atoms with Gasteiger partial charge in [-0.1, -0.05) is 18.2 Å². The molecule has 1 saturated heterocycles. The van der Waals surface area contributed by atoms with Crippen molar-refractivity contribution in [3.8, 4) is 0 Å². The Kier molecular flexibility index (Phi) is 3.21. The van der Waals surface area contributed by atoms with Gasteiger partial charge < -0.3 is 9.47 Å². The number of ether oxygens (including phenoxy) is 2. The number of carbonyl (C=O) groups is 1. The van der Waals surface area contributed by atoms with Crippen molar-refractivity contribution >= 4 is 16.9 Å². The molecule has 1 aromatic heterocycles. The third-order valence-corrected chi connectivity index (χ3v) is 3.44. The second kappa shape index (κ2) is 5.01. The smallest absolute Gasteiger partial charge is 0.359 e. The summed E-state index contributed by atoms with van der Waals surface area (Å²) >= 11 is 0. The zero-order chi connectivity index (χ0) is 13.2. The van der Waals surface area contributed by atoms with Gasteiger partial charge in [-0.15, -0.1) is 0 Å². The van der Waals surface area contributed by atoms with Crippen LogP contribution in [0.2, 0.25) is 0 Å². The van der Waals surface area contributed by atoms with Crippen molar-refractivity contribution in [1.29, 1.82) is 0 Å². The molecule has 0 radical (unpaired) electrons. The van der Waals surface area contributed by atoms with E-state index in [2.05, 4.69) is 5.10 Å². The molecule has 5 heteroatoms. The van der Waals surface area contributed by atoms with Gasteiger partial charge in [-0.05, 0) is 18.9 Å². The Labute approximate surface area is 111 Å². The van der Waals surface area contributed by atoms with Crippen LogP contribution in [-0.4, -0.2) is 35.6 Å². The molecule has 3 rings (SSSR count). The van der Waals surface area contributed by atoms with Crippen molar-refractivity contribution in [2.75, 3.05) is 13.7 Å². The lowest BCUT2D eigenvalue weighted by Crippen LogP contribution is -2.16. The number of esters is 1. The fourth-order valence-corrected chi connectivity index (χ4v) is 2.50. The first-order chi connectivity index (χ1) is 9.29. The molecule has 0 aliphatic carbocycles. The van der Waals surface area contributed by atoms with Gasteiger partial charge in [0.2, 0.25) is 0 Å². The monoisotopic (exact) mass is 260 g/mol. The predicted octanol–water partition coefficient (Wildman–Crippen LogP) is 2.00. The number of aromatic nitrogens is 2. The Bertz CT molecular complexity index is 600. The lowest BCUT2D eigenvalue weighted by atomic mass is 10.2. The first kappa shape index (κ1) is 12.2. The molecule has 2 aromatic rings. The Balaban J connectivity index is 2.01. The average Bonchev–Trinajstić information content (AvgIpc) is 3.07. The summed E-state index contributed by atoms with van der Waals surface area (Å²) in [6.07, 6.45) is 2.32. The summed E-state index contributed by atoms with van der Waals surface area (Å²) in [4.78, 5) is 11.7. The van der Waals surface area contributed by atoms with Crippen LogP contribution in [0.1, 0.15) is 23.3 Å². The normalized spacial score (nSPS) is 18.9. The lowest BCUT2D eigenvalue weighted by Gasteiger charge is -2.09. The van der Waals surface area contributed by atoms with Crippen molar-refractivity contribution in [3.63, 3.8) is 0 Å². The molecule has 0 saturated carbocycles. The summed E-state index contributed by atoms with van der Waals surface area (Å²) in [7, 11) is 1.37. The molecule has 1 aliphatic heterocycles. The van der Waals surface area contributed by atoms with E-state index < -0.39 is 5.97 Å². The van der Waals surface area contributed by atoms with Crippen molar-refractivity contribution in [2.45, 2.75) is 25.5 Å². The summed E-state index contributed by atoms with van der Waals surface area (Å²) in [6, 6.07) is 7.69. The third-order valence-electron chi connectivity index (χ3n) is 3.44. The molecule has 1 atom stereocenters. The quantitative estimate of drug-likeness (QED) is 0.792. The lowest BCUT2D eigenvalue weighted by molar-refractivity contribution is 0.0592. The standard InChI is InChI=1S/C14H16N2O3/c1-18-14(17)13-11-6-2-3-7-12(11)16(15-13)9-10-5-4-8-19-10/h2-3,6-7,10H,4-5,8-9H2,1H3. The molecule has 0 N–H and O–H groups in total. The minimum atomic E-state index is -0.401. The van der Waals surface area contributed by atoms with Crippen molar-refractivity contribution in [1.82, 2.24) is 9.78 Å². The van der Waals surface area contributed by atoms with Gasteiger partial charge in [0.05, 0.1) is 25.3 Å². The summed E-state index contributed by atoms with van der Waals surface area (Å²) in [5.74, 6) is -0.401. The Morgan fingerprint density at radius 2 is 2.37 bits per heavy atom. The molecule has 0 spiro atoms. The van der Waals surface area contributed by atoms with E-state index in [4.69, 9.17) is 9.47 Å². The van der Waals surface area contributed by atoms with E-state index in [9.17, 15) is 4.79 Å². The summed E-state index contributed by atoms with van der Waals surface area (Å²) in [5.41, 5.74) is 1.31. The number of fused-ring (bicyclic) bond motifs is 1. The number of nitrogens with zero attached hydrogens (tertiary/aromatic N) is 2. The molecule has 1 aliphatic rings. The second-order valence-electron chi connectivity index (χ2n) is 4.67. The fraction of sp³-hybridized carbons (Fsp3) is 0.429. The first-order valence-corrected chi connectivity index (χ1v) is 6.45. The van der Waals surface area contributed by atoms with Gasteiger partial charge in [-0.2, -0.15) is 5.10 Å². The van der Waals surface area contributed by atoms with Crippen LogP contribution < -0.4 is 0 Å². The maximum absolute atomic E-state index is 11.7. The average molecular weight is 260 g/mol. The fourth-order valence-electron chi connectivity index (χ4n) is 2.50. The Morgan fingerprint density at radius 1 is 1.53 bits per heavy atom. The molecule has 1 unspecified atom stereocenters. The maximum Gasteiger partial charge on any atom is 0.359 e. The number of para-hydroxylation sites is 1. The zero-order valence-electron chi connectivity index (χ0n) is 10.8. The van der Waals surface area contributed by atoms with Gasteiger partial charge in [-0.25, -0.2) is 4.79 Å². The van der Waals surface area contributed by atoms with E-state index in [0.29, 0.717) is 12.2 Å². The predicted molar refractivity (Wildman–Crippen MR) is 70.0 cm³/mol. The van der Waals surface area contributed by atoms with E-state index in [1.807, 2.05) is 28.9 Å². The number of hydrogen-bond acceptors (Lipinski definition) is 4. The molecule has 2 heterocycles. The Hall–Kier alpha value is -1.88. The molecule has 1 fully saturated rings. The van der Waals surface area contributed by atoms with Gasteiger partial charge in [0, 0.05) is 12.0 Å². The number of methoxy groups -OCH3 is 1. The number of hydrogen-bond donors (Lipinski definition) is 0. The van der Waals surface area contributed by atoms with E-state index in [1.165, 1.54) is 7.11 Å². The summed E-state index contributed by atoms with van der Waals surface area (Å²) in [6.45, 7) is 1.49. The molecular weight excluding hydrogens is 244 g/mol. The third kappa shape index (κ3) is 2.21. The van der Waals surface area contributed by atoms with Crippen LogP contribution in [0.5, 0.6) is 0 Å². The Morgan fingerprint density at radius 3 is 3.11 bits per heavy atom. The highest BCUT2D eigenvalue weighted by Crippen LogP contribution is 2.21. The van der Waals surface area contributed by atoms with E-state index in [-0.39, 0.29) is 6.10 Å². The minimum absolute atomic E-state index is 0.189. The second-order valence-corrected chi connectivity index (χ2v) is 4.67. The molecule has 19 heavy (non-hydrogen) atoms.